The molecule has 1 atom stereocenters. The molecule has 1 fully saturated rings. The van der Waals surface area contributed by atoms with Crippen molar-refractivity contribution in [2.24, 2.45) is 5.92 Å². The fourth-order valence-electron chi connectivity index (χ4n) is 2.11. The summed E-state index contributed by atoms with van der Waals surface area (Å²) in [6.45, 7) is 1.59. The van der Waals surface area contributed by atoms with Crippen LogP contribution in [0.1, 0.15) is 25.3 Å². The Morgan fingerprint density at radius 3 is 2.76 bits per heavy atom. The summed E-state index contributed by atoms with van der Waals surface area (Å²) in [7, 11) is -3.27. The number of nitriles is 1. The number of nitrogens with one attached hydrogen (secondary N) is 1. The number of amides is 1. The third kappa shape index (κ3) is 4.05. The summed E-state index contributed by atoms with van der Waals surface area (Å²) < 4.78 is 23.6. The second-order valence-corrected chi connectivity index (χ2v) is 7.52. The topological polar surface area (TPSA) is 87.0 Å². The molecule has 0 spiro atoms. The van der Waals surface area contributed by atoms with Crippen LogP contribution in [-0.4, -0.2) is 26.1 Å². The molecule has 0 radical (unpaired) electrons. The SMILES string of the molecule is CCS(=O)(=O)c1cccc(CC(=O)N[C@H](C#N)C2CC2)c1. The van der Waals surface area contributed by atoms with Gasteiger partial charge in [0.15, 0.2) is 9.84 Å². The molecule has 112 valence electrons. The summed E-state index contributed by atoms with van der Waals surface area (Å²) in [6, 6.07) is 8.07. The van der Waals surface area contributed by atoms with Crippen molar-refractivity contribution in [1.82, 2.24) is 5.32 Å². The maximum Gasteiger partial charge on any atom is 0.225 e. The first kappa shape index (κ1) is 15.5. The summed E-state index contributed by atoms with van der Waals surface area (Å²) in [6.07, 6.45) is 2.03. The lowest BCUT2D eigenvalue weighted by Gasteiger charge is -2.11. The van der Waals surface area contributed by atoms with Crippen LogP contribution in [0.15, 0.2) is 29.2 Å². The van der Waals surface area contributed by atoms with Crippen LogP contribution in [0.3, 0.4) is 0 Å². The quantitative estimate of drug-likeness (QED) is 0.861. The van der Waals surface area contributed by atoms with Crippen LogP contribution >= 0.6 is 0 Å². The largest absolute Gasteiger partial charge is 0.340 e. The highest BCUT2D eigenvalue weighted by Gasteiger charge is 2.32. The molecule has 21 heavy (non-hydrogen) atoms. The highest BCUT2D eigenvalue weighted by atomic mass is 32.2. The Balaban J connectivity index is 2.04. The molecule has 0 heterocycles. The lowest BCUT2D eigenvalue weighted by atomic mass is 10.1. The summed E-state index contributed by atoms with van der Waals surface area (Å²) in [5, 5.41) is 11.7. The molecule has 2 rings (SSSR count). The molecule has 1 saturated carbocycles. The monoisotopic (exact) mass is 306 g/mol. The Morgan fingerprint density at radius 1 is 1.48 bits per heavy atom. The smallest absolute Gasteiger partial charge is 0.225 e. The Hall–Kier alpha value is -1.87. The molecular weight excluding hydrogens is 288 g/mol. The van der Waals surface area contributed by atoms with Gasteiger partial charge in [0.05, 0.1) is 23.1 Å². The van der Waals surface area contributed by atoms with Gasteiger partial charge in [0.25, 0.3) is 0 Å². The predicted molar refractivity (Wildman–Crippen MR) is 78.1 cm³/mol. The number of nitrogens with zero attached hydrogens (tertiary/aromatic N) is 1. The van der Waals surface area contributed by atoms with Gasteiger partial charge in [0, 0.05) is 0 Å². The Labute approximate surface area is 124 Å². The lowest BCUT2D eigenvalue weighted by Crippen LogP contribution is -2.36. The zero-order valence-electron chi connectivity index (χ0n) is 11.9. The van der Waals surface area contributed by atoms with Gasteiger partial charge in [-0.05, 0) is 36.5 Å². The molecule has 0 aliphatic heterocycles. The minimum atomic E-state index is -3.27. The van der Waals surface area contributed by atoms with E-state index >= 15 is 0 Å². The molecule has 0 saturated heterocycles. The van der Waals surface area contributed by atoms with E-state index in [1.54, 1.807) is 19.1 Å². The molecule has 1 aromatic rings. The lowest BCUT2D eigenvalue weighted by molar-refractivity contribution is -0.120. The van der Waals surface area contributed by atoms with E-state index < -0.39 is 15.9 Å². The maximum atomic E-state index is 11.9. The number of sulfone groups is 1. The van der Waals surface area contributed by atoms with Crippen molar-refractivity contribution in [2.45, 2.75) is 37.1 Å². The number of carbonyl (C=O) groups is 1. The van der Waals surface area contributed by atoms with Crippen LogP contribution in [0, 0.1) is 17.2 Å². The fourth-order valence-corrected chi connectivity index (χ4v) is 3.06. The van der Waals surface area contributed by atoms with E-state index in [1.165, 1.54) is 12.1 Å². The number of hydrogen-bond donors (Lipinski definition) is 1. The number of hydrogen-bond acceptors (Lipinski definition) is 4. The van der Waals surface area contributed by atoms with Crippen molar-refractivity contribution in [3.8, 4) is 6.07 Å². The first-order valence-electron chi connectivity index (χ1n) is 6.97. The minimum Gasteiger partial charge on any atom is -0.340 e. The average Bonchev–Trinajstić information content (AvgIpc) is 3.29. The molecule has 1 amide bonds. The Bertz CT molecular complexity index is 672. The van der Waals surface area contributed by atoms with Crippen LogP contribution in [-0.2, 0) is 21.1 Å². The Morgan fingerprint density at radius 2 is 2.19 bits per heavy atom. The second kappa shape index (κ2) is 6.27. The van der Waals surface area contributed by atoms with Gasteiger partial charge < -0.3 is 5.32 Å². The van der Waals surface area contributed by atoms with Crippen molar-refractivity contribution >= 4 is 15.7 Å². The van der Waals surface area contributed by atoms with Crippen LogP contribution < -0.4 is 5.32 Å². The molecule has 1 aromatic carbocycles. The molecule has 0 bridgehead atoms. The third-order valence-corrected chi connectivity index (χ3v) is 5.28. The summed E-state index contributed by atoms with van der Waals surface area (Å²) in [5.74, 6) is 0.0474. The van der Waals surface area contributed by atoms with Gasteiger partial charge >= 0.3 is 0 Å². The first-order valence-corrected chi connectivity index (χ1v) is 8.62. The van der Waals surface area contributed by atoms with E-state index in [1.807, 2.05) is 0 Å². The third-order valence-electron chi connectivity index (χ3n) is 3.55. The zero-order valence-corrected chi connectivity index (χ0v) is 12.7. The summed E-state index contributed by atoms with van der Waals surface area (Å²) >= 11 is 0. The van der Waals surface area contributed by atoms with E-state index in [4.69, 9.17) is 5.26 Å². The Kier molecular flexibility index (Phi) is 4.63. The predicted octanol–water partition coefficient (Wildman–Crippen LogP) is 1.44. The molecule has 5 nitrogen and oxygen atoms in total. The molecule has 0 unspecified atom stereocenters. The van der Waals surface area contributed by atoms with Crippen molar-refractivity contribution in [3.63, 3.8) is 0 Å². The zero-order chi connectivity index (χ0) is 15.5. The number of rotatable bonds is 6. The van der Waals surface area contributed by atoms with Crippen LogP contribution in [0.25, 0.3) is 0 Å². The van der Waals surface area contributed by atoms with Gasteiger partial charge in [-0.3, -0.25) is 4.79 Å². The molecule has 1 aliphatic rings. The van der Waals surface area contributed by atoms with E-state index in [0.717, 1.165) is 12.8 Å². The van der Waals surface area contributed by atoms with Crippen molar-refractivity contribution in [1.29, 1.82) is 5.26 Å². The molecule has 1 N–H and O–H groups in total. The molecular formula is C15H18N2O3S. The van der Waals surface area contributed by atoms with Gasteiger partial charge in [-0.15, -0.1) is 0 Å². The minimum absolute atomic E-state index is 0.0286. The highest BCUT2D eigenvalue weighted by molar-refractivity contribution is 7.91. The highest BCUT2D eigenvalue weighted by Crippen LogP contribution is 2.32. The number of carbonyl (C=O) groups excluding carboxylic acids is 1. The van der Waals surface area contributed by atoms with Gasteiger partial charge in [0.2, 0.25) is 5.91 Å². The molecule has 6 heteroatoms. The van der Waals surface area contributed by atoms with Gasteiger partial charge in [0.1, 0.15) is 6.04 Å². The standard InChI is InChI=1S/C15H18N2O3S/c1-2-21(19,20)13-5-3-4-11(8-13)9-15(18)17-14(10-16)12-6-7-12/h3-5,8,12,14H,2,6-7,9H2,1H3,(H,17,18)/t14-/m1/s1. The fraction of sp³-hybridized carbons (Fsp3) is 0.467. The second-order valence-electron chi connectivity index (χ2n) is 5.24. The summed E-state index contributed by atoms with van der Waals surface area (Å²) in [4.78, 5) is 12.2. The van der Waals surface area contributed by atoms with Gasteiger partial charge in [-0.25, -0.2) is 8.42 Å². The van der Waals surface area contributed by atoms with Crippen LogP contribution in [0.4, 0.5) is 0 Å². The van der Waals surface area contributed by atoms with Crippen LogP contribution in [0.5, 0.6) is 0 Å². The van der Waals surface area contributed by atoms with Crippen molar-refractivity contribution < 1.29 is 13.2 Å². The van der Waals surface area contributed by atoms with E-state index in [0.29, 0.717) is 5.56 Å². The van der Waals surface area contributed by atoms with Crippen LogP contribution in [0.2, 0.25) is 0 Å². The van der Waals surface area contributed by atoms with E-state index in [9.17, 15) is 13.2 Å². The van der Waals surface area contributed by atoms with E-state index in [-0.39, 0.29) is 28.9 Å². The molecule has 0 aromatic heterocycles. The normalized spacial score (nSPS) is 16.0. The van der Waals surface area contributed by atoms with Gasteiger partial charge in [-0.1, -0.05) is 19.1 Å². The number of benzene rings is 1. The first-order chi connectivity index (χ1) is 9.96. The van der Waals surface area contributed by atoms with Crippen molar-refractivity contribution in [2.75, 3.05) is 5.75 Å². The molecule has 1 aliphatic carbocycles. The maximum absolute atomic E-state index is 11.9. The average molecular weight is 306 g/mol. The van der Waals surface area contributed by atoms with Crippen molar-refractivity contribution in [3.05, 3.63) is 29.8 Å². The van der Waals surface area contributed by atoms with E-state index in [2.05, 4.69) is 11.4 Å². The summed E-state index contributed by atoms with van der Waals surface area (Å²) in [5.41, 5.74) is 0.634. The van der Waals surface area contributed by atoms with Gasteiger partial charge in [-0.2, -0.15) is 5.26 Å².